The summed E-state index contributed by atoms with van der Waals surface area (Å²) in [5, 5.41) is 12.8. The third-order valence-corrected chi connectivity index (χ3v) is 3.26. The first-order valence-corrected chi connectivity index (χ1v) is 7.41. The normalized spacial score (nSPS) is 11.5. The van der Waals surface area contributed by atoms with Gasteiger partial charge in [-0.25, -0.2) is 14.6 Å². The monoisotopic (exact) mass is 339 g/mol. The minimum Gasteiger partial charge on any atom is -0.477 e. The molecule has 0 bridgehead atoms. The molecule has 0 saturated heterocycles. The zero-order valence-electron chi connectivity index (χ0n) is 13.1. The number of rotatable bonds is 4. The number of carboxylic acid groups (broad SMARTS) is 1. The molecular formula is C15H18ClN3O4. The van der Waals surface area contributed by atoms with E-state index in [2.05, 4.69) is 10.3 Å². The SMILES string of the molecule is CC(C)(C)OC(=O)NCCn1c(C(=O)O)cc2ccnc(Cl)c21. The number of hydrogen-bond donors (Lipinski definition) is 2. The zero-order chi connectivity index (χ0) is 17.2. The molecule has 0 aromatic carbocycles. The van der Waals surface area contributed by atoms with Crippen LogP contribution in [0.5, 0.6) is 0 Å². The Morgan fingerprint density at radius 2 is 2.13 bits per heavy atom. The fourth-order valence-corrected chi connectivity index (χ4v) is 2.43. The number of carbonyl (C=O) groups excluding carboxylic acids is 1. The number of nitrogens with one attached hydrogen (secondary N) is 1. The molecule has 0 aliphatic heterocycles. The first kappa shape index (κ1) is 17.1. The molecule has 2 N–H and O–H groups in total. The van der Waals surface area contributed by atoms with Crippen LogP contribution in [0.1, 0.15) is 31.3 Å². The minimum atomic E-state index is -1.07. The van der Waals surface area contributed by atoms with Crippen LogP contribution in [0.4, 0.5) is 4.79 Å². The first-order chi connectivity index (χ1) is 10.7. The topological polar surface area (TPSA) is 93.5 Å². The van der Waals surface area contributed by atoms with Gasteiger partial charge in [-0.05, 0) is 32.9 Å². The molecule has 0 fully saturated rings. The highest BCUT2D eigenvalue weighted by atomic mass is 35.5. The number of aromatic carboxylic acids is 1. The van der Waals surface area contributed by atoms with Crippen LogP contribution < -0.4 is 5.32 Å². The summed E-state index contributed by atoms with van der Waals surface area (Å²) in [6.45, 7) is 5.72. The number of fused-ring (bicyclic) bond motifs is 1. The first-order valence-electron chi connectivity index (χ1n) is 7.03. The van der Waals surface area contributed by atoms with Crippen LogP contribution in [0.3, 0.4) is 0 Å². The van der Waals surface area contributed by atoms with Gasteiger partial charge in [-0.15, -0.1) is 0 Å². The van der Waals surface area contributed by atoms with E-state index in [-0.39, 0.29) is 23.9 Å². The quantitative estimate of drug-likeness (QED) is 0.835. The summed E-state index contributed by atoms with van der Waals surface area (Å²) in [7, 11) is 0. The zero-order valence-corrected chi connectivity index (χ0v) is 13.8. The third-order valence-electron chi connectivity index (χ3n) is 2.99. The fraction of sp³-hybridized carbons (Fsp3) is 0.400. The van der Waals surface area contributed by atoms with Gasteiger partial charge in [-0.2, -0.15) is 0 Å². The molecule has 0 unspecified atom stereocenters. The molecule has 0 atom stereocenters. The van der Waals surface area contributed by atoms with Crippen molar-refractivity contribution in [3.05, 3.63) is 29.2 Å². The average molecular weight is 340 g/mol. The molecule has 8 heteroatoms. The van der Waals surface area contributed by atoms with Gasteiger partial charge in [0.25, 0.3) is 0 Å². The number of aromatic nitrogens is 2. The number of nitrogens with zero attached hydrogens (tertiary/aromatic N) is 2. The number of alkyl carbamates (subject to hydrolysis) is 1. The number of carboxylic acids is 1. The lowest BCUT2D eigenvalue weighted by molar-refractivity contribution is 0.0526. The molecular weight excluding hydrogens is 322 g/mol. The molecule has 2 rings (SSSR count). The van der Waals surface area contributed by atoms with Crippen LogP contribution in [0.2, 0.25) is 5.15 Å². The summed E-state index contributed by atoms with van der Waals surface area (Å²) in [4.78, 5) is 27.0. The Hall–Kier alpha value is -2.28. The number of ether oxygens (including phenoxy) is 1. The Bertz CT molecular complexity index is 749. The molecule has 2 heterocycles. The maximum atomic E-state index is 11.6. The Kier molecular flexibility index (Phi) is 4.79. The van der Waals surface area contributed by atoms with E-state index < -0.39 is 17.7 Å². The lowest BCUT2D eigenvalue weighted by atomic mass is 10.2. The van der Waals surface area contributed by atoms with Gasteiger partial charge in [0.2, 0.25) is 0 Å². The van der Waals surface area contributed by atoms with Crippen molar-refractivity contribution in [2.75, 3.05) is 6.54 Å². The summed E-state index contributed by atoms with van der Waals surface area (Å²) in [6, 6.07) is 3.21. The van der Waals surface area contributed by atoms with E-state index in [1.807, 2.05) is 0 Å². The van der Waals surface area contributed by atoms with Gasteiger partial charge in [0.15, 0.2) is 5.15 Å². The van der Waals surface area contributed by atoms with Crippen molar-refractivity contribution in [1.82, 2.24) is 14.9 Å². The standard InChI is InChI=1S/C15H18ClN3O4/c1-15(2,3)23-14(22)18-6-7-19-10(13(20)21)8-9-4-5-17-12(16)11(9)19/h4-5,8H,6-7H2,1-3H3,(H,18,22)(H,20,21). The molecule has 7 nitrogen and oxygen atoms in total. The number of carbonyl (C=O) groups is 2. The highest BCUT2D eigenvalue weighted by Gasteiger charge is 2.18. The summed E-state index contributed by atoms with van der Waals surface area (Å²) < 4.78 is 6.65. The number of hydrogen-bond acceptors (Lipinski definition) is 4. The second-order valence-electron chi connectivity index (χ2n) is 5.95. The molecule has 0 aliphatic carbocycles. The van der Waals surface area contributed by atoms with Gasteiger partial charge < -0.3 is 19.7 Å². The van der Waals surface area contributed by atoms with Gasteiger partial charge in [0.05, 0.1) is 5.52 Å². The van der Waals surface area contributed by atoms with Crippen molar-refractivity contribution >= 4 is 34.6 Å². The number of pyridine rings is 1. The van der Waals surface area contributed by atoms with Gasteiger partial charge in [-0.1, -0.05) is 11.6 Å². The summed E-state index contributed by atoms with van der Waals surface area (Å²) in [5.41, 5.74) is 0.0161. The van der Waals surface area contributed by atoms with Gasteiger partial charge in [0, 0.05) is 24.7 Å². The van der Waals surface area contributed by atoms with Crippen molar-refractivity contribution in [3.8, 4) is 0 Å². The van der Waals surface area contributed by atoms with Crippen LogP contribution >= 0.6 is 11.6 Å². The molecule has 0 radical (unpaired) electrons. The van der Waals surface area contributed by atoms with Gasteiger partial charge >= 0.3 is 12.1 Å². The van der Waals surface area contributed by atoms with Gasteiger partial charge in [-0.3, -0.25) is 0 Å². The maximum absolute atomic E-state index is 11.6. The smallest absolute Gasteiger partial charge is 0.407 e. The predicted octanol–water partition coefficient (Wildman–Crippen LogP) is 2.91. The van der Waals surface area contributed by atoms with Crippen molar-refractivity contribution in [1.29, 1.82) is 0 Å². The average Bonchev–Trinajstić information content (AvgIpc) is 2.77. The minimum absolute atomic E-state index is 0.0842. The van der Waals surface area contributed by atoms with Crippen molar-refractivity contribution in [2.45, 2.75) is 32.9 Å². The highest BCUT2D eigenvalue weighted by Crippen LogP contribution is 2.25. The molecule has 1 amide bonds. The fourth-order valence-electron chi connectivity index (χ4n) is 2.16. The number of halogens is 1. The summed E-state index contributed by atoms with van der Waals surface area (Å²) in [5.74, 6) is -1.07. The van der Waals surface area contributed by atoms with Crippen molar-refractivity contribution in [2.24, 2.45) is 0 Å². The summed E-state index contributed by atoms with van der Waals surface area (Å²) >= 11 is 6.07. The molecule has 0 spiro atoms. The van der Waals surface area contributed by atoms with E-state index in [4.69, 9.17) is 16.3 Å². The number of amides is 1. The second kappa shape index (κ2) is 6.45. The Balaban J connectivity index is 2.18. The van der Waals surface area contributed by atoms with Crippen LogP contribution in [-0.4, -0.2) is 38.9 Å². The Morgan fingerprint density at radius 3 is 2.74 bits per heavy atom. The lowest BCUT2D eigenvalue weighted by Crippen LogP contribution is -2.34. The second-order valence-corrected chi connectivity index (χ2v) is 6.31. The Morgan fingerprint density at radius 1 is 1.43 bits per heavy atom. The molecule has 0 aliphatic rings. The molecule has 0 saturated carbocycles. The van der Waals surface area contributed by atoms with Crippen molar-refractivity contribution < 1.29 is 19.4 Å². The molecule has 2 aromatic heterocycles. The maximum Gasteiger partial charge on any atom is 0.407 e. The van der Waals surface area contributed by atoms with Crippen LogP contribution in [0, 0.1) is 0 Å². The molecule has 23 heavy (non-hydrogen) atoms. The van der Waals surface area contributed by atoms with E-state index in [9.17, 15) is 14.7 Å². The van der Waals surface area contributed by atoms with Crippen LogP contribution in [0.15, 0.2) is 18.3 Å². The summed E-state index contributed by atoms with van der Waals surface area (Å²) in [6.07, 6.45) is 0.953. The molecule has 124 valence electrons. The largest absolute Gasteiger partial charge is 0.477 e. The molecule has 2 aromatic rings. The van der Waals surface area contributed by atoms with E-state index >= 15 is 0 Å². The van der Waals surface area contributed by atoms with E-state index in [1.54, 1.807) is 26.8 Å². The third kappa shape index (κ3) is 4.13. The van der Waals surface area contributed by atoms with E-state index in [1.165, 1.54) is 16.8 Å². The lowest BCUT2D eigenvalue weighted by Gasteiger charge is -2.20. The van der Waals surface area contributed by atoms with Crippen LogP contribution in [-0.2, 0) is 11.3 Å². The Labute approximate surface area is 138 Å². The van der Waals surface area contributed by atoms with Crippen LogP contribution in [0.25, 0.3) is 10.9 Å². The highest BCUT2D eigenvalue weighted by molar-refractivity contribution is 6.34. The van der Waals surface area contributed by atoms with Gasteiger partial charge in [0.1, 0.15) is 11.3 Å². The predicted molar refractivity (Wildman–Crippen MR) is 85.9 cm³/mol. The van der Waals surface area contributed by atoms with E-state index in [0.29, 0.717) is 10.9 Å². The van der Waals surface area contributed by atoms with E-state index in [0.717, 1.165) is 0 Å². The van der Waals surface area contributed by atoms with Crippen molar-refractivity contribution in [3.63, 3.8) is 0 Å².